The third-order valence-electron chi connectivity index (χ3n) is 2.65. The number of hydrogen-bond donors (Lipinski definition) is 0. The molecule has 1 atom stereocenters. The average molecular weight is 320 g/mol. The molecule has 0 radical (unpaired) electrons. The summed E-state index contributed by atoms with van der Waals surface area (Å²) in [6, 6.07) is 8.57. The predicted molar refractivity (Wildman–Crippen MR) is 69.9 cm³/mol. The maximum Gasteiger partial charge on any atom is 0.0423 e. The molecule has 0 aliphatic heterocycles. The number of rotatable bonds is 4. The Labute approximate surface area is 103 Å². The SMILES string of the molecule is CCC(CC)C(Br)c1ccc(Br)cc1. The van der Waals surface area contributed by atoms with Crippen molar-refractivity contribution in [1.29, 1.82) is 0 Å². The summed E-state index contributed by atoms with van der Waals surface area (Å²) < 4.78 is 1.14. The molecule has 1 unspecified atom stereocenters. The van der Waals surface area contributed by atoms with E-state index in [0.29, 0.717) is 4.83 Å². The van der Waals surface area contributed by atoms with E-state index in [1.165, 1.54) is 18.4 Å². The standard InChI is InChI=1S/C12H16Br2/c1-3-9(4-2)12(14)10-5-7-11(13)8-6-10/h5-9,12H,3-4H2,1-2H3. The molecule has 1 aromatic carbocycles. The maximum atomic E-state index is 3.78. The number of benzene rings is 1. The van der Waals surface area contributed by atoms with Crippen LogP contribution in [0.15, 0.2) is 28.7 Å². The Hall–Kier alpha value is 0.180. The predicted octanol–water partition coefficient (Wildman–Crippen LogP) is 5.32. The van der Waals surface area contributed by atoms with Crippen LogP contribution in [0, 0.1) is 5.92 Å². The van der Waals surface area contributed by atoms with Gasteiger partial charge < -0.3 is 0 Å². The monoisotopic (exact) mass is 318 g/mol. The first-order valence-corrected chi connectivity index (χ1v) is 6.79. The van der Waals surface area contributed by atoms with E-state index in [2.05, 4.69) is 70.0 Å². The van der Waals surface area contributed by atoms with Crippen LogP contribution < -0.4 is 0 Å². The highest BCUT2D eigenvalue weighted by atomic mass is 79.9. The number of alkyl halides is 1. The fourth-order valence-corrected chi connectivity index (χ4v) is 2.94. The highest BCUT2D eigenvalue weighted by Gasteiger charge is 2.16. The summed E-state index contributed by atoms with van der Waals surface area (Å²) in [6.45, 7) is 4.50. The minimum Gasteiger partial charge on any atom is -0.0836 e. The molecule has 0 aliphatic carbocycles. The van der Waals surface area contributed by atoms with Crippen molar-refractivity contribution in [3.05, 3.63) is 34.3 Å². The second kappa shape index (κ2) is 5.92. The van der Waals surface area contributed by atoms with Gasteiger partial charge in [-0.05, 0) is 23.6 Å². The molecule has 0 aliphatic rings. The van der Waals surface area contributed by atoms with E-state index in [-0.39, 0.29) is 0 Å². The Bertz CT molecular complexity index is 262. The molecule has 0 saturated carbocycles. The number of halogens is 2. The van der Waals surface area contributed by atoms with E-state index >= 15 is 0 Å². The topological polar surface area (TPSA) is 0 Å². The zero-order chi connectivity index (χ0) is 10.6. The van der Waals surface area contributed by atoms with Gasteiger partial charge in [0.05, 0.1) is 0 Å². The summed E-state index contributed by atoms with van der Waals surface area (Å²) in [5.41, 5.74) is 1.38. The Morgan fingerprint density at radius 1 is 1.07 bits per heavy atom. The van der Waals surface area contributed by atoms with E-state index in [9.17, 15) is 0 Å². The van der Waals surface area contributed by atoms with Crippen LogP contribution in [0.25, 0.3) is 0 Å². The molecule has 0 heterocycles. The summed E-state index contributed by atoms with van der Waals surface area (Å²) in [5, 5.41) is 0. The van der Waals surface area contributed by atoms with E-state index in [1.54, 1.807) is 0 Å². The van der Waals surface area contributed by atoms with Crippen LogP contribution >= 0.6 is 31.9 Å². The Morgan fingerprint density at radius 3 is 2.00 bits per heavy atom. The molecular formula is C12H16Br2. The van der Waals surface area contributed by atoms with Crippen LogP contribution in [0.1, 0.15) is 37.1 Å². The van der Waals surface area contributed by atoms with Crippen LogP contribution in [-0.2, 0) is 0 Å². The smallest absolute Gasteiger partial charge is 0.0423 e. The van der Waals surface area contributed by atoms with Gasteiger partial charge in [0.15, 0.2) is 0 Å². The van der Waals surface area contributed by atoms with Gasteiger partial charge in [-0.25, -0.2) is 0 Å². The zero-order valence-corrected chi connectivity index (χ0v) is 11.8. The van der Waals surface area contributed by atoms with Crippen molar-refractivity contribution in [1.82, 2.24) is 0 Å². The summed E-state index contributed by atoms with van der Waals surface area (Å²) in [5.74, 6) is 0.733. The maximum absolute atomic E-state index is 3.78. The Kier molecular flexibility index (Phi) is 5.18. The van der Waals surface area contributed by atoms with E-state index in [1.807, 2.05) is 0 Å². The van der Waals surface area contributed by atoms with Crippen molar-refractivity contribution >= 4 is 31.9 Å². The lowest BCUT2D eigenvalue weighted by Gasteiger charge is -2.19. The highest BCUT2D eigenvalue weighted by molar-refractivity contribution is 9.10. The molecule has 0 fully saturated rings. The molecule has 0 aromatic heterocycles. The minimum absolute atomic E-state index is 0.491. The second-order valence-corrected chi connectivity index (χ2v) is 5.43. The first-order valence-electron chi connectivity index (χ1n) is 5.08. The van der Waals surface area contributed by atoms with Gasteiger partial charge in [-0.1, -0.05) is 70.7 Å². The van der Waals surface area contributed by atoms with Gasteiger partial charge in [-0.3, -0.25) is 0 Å². The first-order chi connectivity index (χ1) is 6.69. The van der Waals surface area contributed by atoms with Crippen LogP contribution in [0.3, 0.4) is 0 Å². The van der Waals surface area contributed by atoms with Gasteiger partial charge in [-0.15, -0.1) is 0 Å². The van der Waals surface area contributed by atoms with Crippen molar-refractivity contribution in [2.75, 3.05) is 0 Å². The molecular weight excluding hydrogens is 304 g/mol. The third-order valence-corrected chi connectivity index (χ3v) is 4.46. The van der Waals surface area contributed by atoms with Crippen LogP contribution in [0.2, 0.25) is 0 Å². The molecule has 14 heavy (non-hydrogen) atoms. The van der Waals surface area contributed by atoms with Gasteiger partial charge in [-0.2, -0.15) is 0 Å². The van der Waals surface area contributed by atoms with Crippen LogP contribution in [0.5, 0.6) is 0 Å². The first kappa shape index (κ1) is 12.3. The molecule has 0 bridgehead atoms. The summed E-state index contributed by atoms with van der Waals surface area (Å²) in [7, 11) is 0. The normalized spacial score (nSPS) is 13.2. The molecule has 0 N–H and O–H groups in total. The highest BCUT2D eigenvalue weighted by Crippen LogP contribution is 2.35. The molecule has 1 rings (SSSR count). The van der Waals surface area contributed by atoms with Crippen LogP contribution in [0.4, 0.5) is 0 Å². The fourth-order valence-electron chi connectivity index (χ4n) is 1.62. The molecule has 0 amide bonds. The number of hydrogen-bond acceptors (Lipinski definition) is 0. The zero-order valence-electron chi connectivity index (χ0n) is 8.63. The fraction of sp³-hybridized carbons (Fsp3) is 0.500. The van der Waals surface area contributed by atoms with Crippen molar-refractivity contribution in [2.24, 2.45) is 5.92 Å². The van der Waals surface area contributed by atoms with Gasteiger partial charge in [0.1, 0.15) is 0 Å². The van der Waals surface area contributed by atoms with Gasteiger partial charge in [0, 0.05) is 9.30 Å². The lowest BCUT2D eigenvalue weighted by Crippen LogP contribution is -2.05. The summed E-state index contributed by atoms with van der Waals surface area (Å²) in [6.07, 6.45) is 2.45. The van der Waals surface area contributed by atoms with E-state index in [4.69, 9.17) is 0 Å². The van der Waals surface area contributed by atoms with Crippen molar-refractivity contribution in [3.63, 3.8) is 0 Å². The second-order valence-electron chi connectivity index (χ2n) is 3.53. The lowest BCUT2D eigenvalue weighted by atomic mass is 9.94. The minimum atomic E-state index is 0.491. The lowest BCUT2D eigenvalue weighted by molar-refractivity contribution is 0.487. The molecule has 78 valence electrons. The van der Waals surface area contributed by atoms with Crippen molar-refractivity contribution in [2.45, 2.75) is 31.5 Å². The Morgan fingerprint density at radius 2 is 1.57 bits per heavy atom. The van der Waals surface area contributed by atoms with Crippen molar-refractivity contribution < 1.29 is 0 Å². The van der Waals surface area contributed by atoms with Gasteiger partial charge in [0.25, 0.3) is 0 Å². The van der Waals surface area contributed by atoms with Crippen LogP contribution in [-0.4, -0.2) is 0 Å². The quantitative estimate of drug-likeness (QED) is 0.659. The molecule has 0 saturated heterocycles. The molecule has 0 spiro atoms. The van der Waals surface area contributed by atoms with Crippen molar-refractivity contribution in [3.8, 4) is 0 Å². The molecule has 0 nitrogen and oxygen atoms in total. The van der Waals surface area contributed by atoms with Gasteiger partial charge in [0.2, 0.25) is 0 Å². The summed E-state index contributed by atoms with van der Waals surface area (Å²) >= 11 is 7.23. The van der Waals surface area contributed by atoms with E-state index in [0.717, 1.165) is 10.4 Å². The molecule has 1 aromatic rings. The van der Waals surface area contributed by atoms with Gasteiger partial charge >= 0.3 is 0 Å². The molecule has 2 heteroatoms. The third kappa shape index (κ3) is 3.09. The Balaban J connectivity index is 2.77. The largest absolute Gasteiger partial charge is 0.0836 e. The summed E-state index contributed by atoms with van der Waals surface area (Å²) in [4.78, 5) is 0.491. The van der Waals surface area contributed by atoms with E-state index < -0.39 is 0 Å². The average Bonchev–Trinajstić information content (AvgIpc) is 2.20.